The largest absolute Gasteiger partial charge is 0.508 e. The molecule has 4 aliphatic rings. The van der Waals surface area contributed by atoms with Gasteiger partial charge in [-0.05, 0) is 85.5 Å². The number of aromatic hydroxyl groups is 1. The van der Waals surface area contributed by atoms with Crippen LogP contribution in [0, 0.1) is 23.0 Å². The third kappa shape index (κ3) is 4.77. The highest BCUT2D eigenvalue weighted by atomic mass is 19.1. The second-order valence-corrected chi connectivity index (χ2v) is 13.9. The highest BCUT2D eigenvalue weighted by Gasteiger charge is 2.51. The van der Waals surface area contributed by atoms with E-state index in [1.807, 2.05) is 4.90 Å². The number of phenols is 1. The Balaban J connectivity index is 1.28. The van der Waals surface area contributed by atoms with Crippen molar-refractivity contribution in [3.8, 4) is 23.0 Å². The molecular weight excluding hydrogens is 611 g/mol. The maximum Gasteiger partial charge on any atom is 0.319 e. The maximum absolute atomic E-state index is 16.9. The number of benzene rings is 2. The van der Waals surface area contributed by atoms with Gasteiger partial charge in [-0.15, -0.1) is 0 Å². The number of carboxylic acids is 1. The number of carbonyl (C=O) groups is 1. The van der Waals surface area contributed by atoms with E-state index in [-0.39, 0.29) is 53.0 Å². The third-order valence-corrected chi connectivity index (χ3v) is 11.1. The molecule has 246 valence electrons. The Labute approximate surface area is 269 Å². The summed E-state index contributed by atoms with van der Waals surface area (Å²) in [6.45, 7) is 3.81. The van der Waals surface area contributed by atoms with Crippen LogP contribution >= 0.6 is 0 Å². The number of hydrogen-bond donors (Lipinski definition) is 2. The van der Waals surface area contributed by atoms with Crippen molar-refractivity contribution in [2.24, 2.45) is 11.3 Å². The summed E-state index contributed by atoms with van der Waals surface area (Å²) >= 11 is 0. The van der Waals surface area contributed by atoms with Crippen molar-refractivity contribution >= 4 is 33.5 Å². The Morgan fingerprint density at radius 1 is 1.15 bits per heavy atom. The first-order valence-corrected chi connectivity index (χ1v) is 16.4. The number of anilines is 1. The zero-order valence-electron chi connectivity index (χ0n) is 26.1. The molecule has 5 heterocycles. The predicted molar refractivity (Wildman–Crippen MR) is 169 cm³/mol. The third-order valence-electron chi connectivity index (χ3n) is 11.1. The number of aliphatic carboxylic acids is 1. The van der Waals surface area contributed by atoms with Crippen molar-refractivity contribution in [1.82, 2.24) is 19.9 Å². The number of aromatic nitrogens is 3. The molecule has 0 spiro atoms. The van der Waals surface area contributed by atoms with Gasteiger partial charge in [0, 0.05) is 37.8 Å². The lowest BCUT2D eigenvalue weighted by Gasteiger charge is -2.38. The van der Waals surface area contributed by atoms with Crippen molar-refractivity contribution in [3.63, 3.8) is 0 Å². The van der Waals surface area contributed by atoms with Crippen molar-refractivity contribution in [2.45, 2.75) is 63.6 Å². The van der Waals surface area contributed by atoms with Crippen molar-refractivity contribution in [2.75, 3.05) is 37.7 Å². The minimum Gasteiger partial charge on any atom is -0.508 e. The van der Waals surface area contributed by atoms with Gasteiger partial charge >= 0.3 is 12.0 Å². The topological polar surface area (TPSA) is 112 Å². The Morgan fingerprint density at radius 2 is 2.00 bits per heavy atom. The quantitative estimate of drug-likeness (QED) is 0.248. The van der Waals surface area contributed by atoms with Gasteiger partial charge in [0.1, 0.15) is 41.4 Å². The van der Waals surface area contributed by atoms with Gasteiger partial charge in [0.25, 0.3) is 0 Å². The zero-order valence-corrected chi connectivity index (χ0v) is 26.1. The number of nitrogens with zero attached hydrogens (tertiary/aromatic N) is 5. The van der Waals surface area contributed by atoms with E-state index in [1.165, 1.54) is 30.5 Å². The number of halogens is 3. The summed E-state index contributed by atoms with van der Waals surface area (Å²) < 4.78 is 52.6. The maximum atomic E-state index is 16.9. The van der Waals surface area contributed by atoms with Gasteiger partial charge in [0.05, 0.1) is 16.3 Å². The highest BCUT2D eigenvalue weighted by molar-refractivity contribution is 6.01. The van der Waals surface area contributed by atoms with E-state index >= 15 is 4.39 Å². The molecule has 4 aromatic rings. The molecule has 2 aromatic heterocycles. The van der Waals surface area contributed by atoms with Gasteiger partial charge in [-0.1, -0.05) is 13.0 Å². The molecular formula is C35H36F3N5O4. The lowest BCUT2D eigenvalue weighted by molar-refractivity contribution is -0.148. The molecule has 1 saturated carbocycles. The second-order valence-electron chi connectivity index (χ2n) is 13.9. The molecule has 47 heavy (non-hydrogen) atoms. The van der Waals surface area contributed by atoms with Gasteiger partial charge in [-0.2, -0.15) is 9.97 Å². The fraction of sp³-hybridized carbons (Fsp3) is 0.486. The predicted octanol–water partition coefficient (Wildman–Crippen LogP) is 6.04. The Hall–Kier alpha value is -4.19. The molecule has 0 radical (unpaired) electrons. The smallest absolute Gasteiger partial charge is 0.319 e. The van der Waals surface area contributed by atoms with Crippen LogP contribution in [0.5, 0.6) is 11.8 Å². The number of ether oxygens (including phenoxy) is 1. The average molecular weight is 648 g/mol. The SMILES string of the molecule is CCc1c(F)ccc2cc(O)cc(-c3ncc4c(N5CC6CCC(C(=O)O)(C6)C5)nc(OC[C@@]56CCCN5C[C@H](F)C6)nc4c3F)c12. The summed E-state index contributed by atoms with van der Waals surface area (Å²) in [7, 11) is 0. The van der Waals surface area contributed by atoms with E-state index in [9.17, 15) is 23.8 Å². The van der Waals surface area contributed by atoms with Gasteiger partial charge in [-0.25, -0.2) is 13.2 Å². The van der Waals surface area contributed by atoms with Crippen LogP contribution in [0.2, 0.25) is 0 Å². The number of rotatable bonds is 7. The van der Waals surface area contributed by atoms with E-state index in [2.05, 4.69) is 14.9 Å². The summed E-state index contributed by atoms with van der Waals surface area (Å²) in [4.78, 5) is 30.2. The molecule has 3 aliphatic heterocycles. The minimum atomic E-state index is -0.955. The Bertz CT molecular complexity index is 1940. The van der Waals surface area contributed by atoms with Gasteiger partial charge in [0.15, 0.2) is 5.82 Å². The van der Waals surface area contributed by atoms with Crippen LogP contribution in [0.25, 0.3) is 32.9 Å². The normalized spacial score (nSPS) is 27.2. The highest BCUT2D eigenvalue weighted by Crippen LogP contribution is 2.49. The fourth-order valence-corrected chi connectivity index (χ4v) is 8.90. The first-order chi connectivity index (χ1) is 22.6. The van der Waals surface area contributed by atoms with E-state index in [0.717, 1.165) is 25.8 Å². The number of hydrogen-bond acceptors (Lipinski definition) is 8. The van der Waals surface area contributed by atoms with Crippen molar-refractivity contribution < 1.29 is 32.9 Å². The van der Waals surface area contributed by atoms with Crippen LogP contribution in [0.3, 0.4) is 0 Å². The Morgan fingerprint density at radius 3 is 2.81 bits per heavy atom. The molecule has 2 bridgehead atoms. The van der Waals surface area contributed by atoms with Gasteiger partial charge in [0.2, 0.25) is 0 Å². The number of carboxylic acid groups (broad SMARTS) is 1. The molecule has 3 saturated heterocycles. The average Bonchev–Trinajstić information content (AvgIpc) is 3.69. The summed E-state index contributed by atoms with van der Waals surface area (Å²) in [6, 6.07) is 5.65. The number of phenolic OH excluding ortho intramolecular Hbond substituents is 1. The summed E-state index contributed by atoms with van der Waals surface area (Å²) in [5, 5.41) is 22.1. The number of aryl methyl sites for hydroxylation is 1. The molecule has 9 nitrogen and oxygen atoms in total. The Kier molecular flexibility index (Phi) is 7.02. The van der Waals surface area contributed by atoms with E-state index in [1.54, 1.807) is 6.92 Å². The van der Waals surface area contributed by atoms with E-state index in [4.69, 9.17) is 9.72 Å². The fourth-order valence-electron chi connectivity index (χ4n) is 8.90. The molecule has 2 aromatic carbocycles. The number of pyridine rings is 1. The standard InChI is InChI=1S/C35H36F3N5O4/c1-2-23-26(37)5-4-20-10-22(44)11-24(27(20)23)29-28(38)30-25(14-39-29)31(42-15-19-6-8-34(12-19,17-42)32(45)46)41-33(40-30)47-18-35-7-3-9-43(35)16-21(36)13-35/h4-5,10-11,14,19,21,44H,2-3,6-9,12-13,15-18H2,1H3,(H,45,46)/t19?,21-,34?,35+/m1/s1. The van der Waals surface area contributed by atoms with Gasteiger partial charge in [-0.3, -0.25) is 14.7 Å². The van der Waals surface area contributed by atoms with E-state index < -0.39 is 34.7 Å². The van der Waals surface area contributed by atoms with Crippen molar-refractivity contribution in [3.05, 3.63) is 47.7 Å². The molecule has 8 rings (SSSR count). The van der Waals surface area contributed by atoms with E-state index in [0.29, 0.717) is 60.9 Å². The van der Waals surface area contributed by atoms with Gasteiger partial charge < -0.3 is 19.8 Å². The van der Waals surface area contributed by atoms with Crippen LogP contribution < -0.4 is 9.64 Å². The molecule has 4 atom stereocenters. The number of alkyl halides is 1. The lowest BCUT2D eigenvalue weighted by Crippen LogP contribution is -2.47. The molecule has 0 amide bonds. The first kappa shape index (κ1) is 30.2. The summed E-state index contributed by atoms with van der Waals surface area (Å²) in [6.07, 6.45) is 4.77. The number of fused-ring (bicyclic) bond motifs is 5. The molecule has 4 fully saturated rings. The molecule has 12 heteroatoms. The first-order valence-electron chi connectivity index (χ1n) is 16.4. The summed E-state index contributed by atoms with van der Waals surface area (Å²) in [5.41, 5.74) is -1.03. The zero-order chi connectivity index (χ0) is 32.7. The van der Waals surface area contributed by atoms with Crippen LogP contribution in [-0.4, -0.2) is 80.5 Å². The van der Waals surface area contributed by atoms with Crippen LogP contribution in [0.1, 0.15) is 51.0 Å². The van der Waals surface area contributed by atoms with Crippen molar-refractivity contribution in [1.29, 1.82) is 0 Å². The monoisotopic (exact) mass is 647 g/mol. The minimum absolute atomic E-state index is 0.0844. The van der Waals surface area contributed by atoms with Crippen LogP contribution in [-0.2, 0) is 11.2 Å². The molecule has 2 unspecified atom stereocenters. The number of piperidine rings is 1. The molecule has 2 N–H and O–H groups in total. The molecule has 1 aliphatic carbocycles. The van der Waals surface area contributed by atoms with Crippen LogP contribution in [0.15, 0.2) is 30.5 Å². The second kappa shape index (κ2) is 10.9. The lowest BCUT2D eigenvalue weighted by atomic mass is 9.82. The summed E-state index contributed by atoms with van der Waals surface area (Å²) in [5.74, 6) is -1.75. The van der Waals surface area contributed by atoms with Crippen LogP contribution in [0.4, 0.5) is 19.0 Å².